The van der Waals surface area contributed by atoms with Gasteiger partial charge in [0, 0.05) is 6.20 Å². The van der Waals surface area contributed by atoms with E-state index in [0.717, 1.165) is 13.1 Å². The van der Waals surface area contributed by atoms with Gasteiger partial charge in [-0.05, 0) is 12.5 Å². The fourth-order valence-electron chi connectivity index (χ4n) is 1.23. The maximum atomic E-state index is 12.4. The van der Waals surface area contributed by atoms with E-state index in [1.54, 1.807) is 0 Å². The van der Waals surface area contributed by atoms with Crippen molar-refractivity contribution in [3.63, 3.8) is 0 Å². The Kier molecular flexibility index (Phi) is 2.83. The van der Waals surface area contributed by atoms with Crippen molar-refractivity contribution in [1.82, 2.24) is 4.98 Å². The molecule has 84 valence electrons. The number of rotatable bonds is 1. The Bertz CT molecular complexity index is 420. The second kappa shape index (κ2) is 3.63. The van der Waals surface area contributed by atoms with Crippen LogP contribution in [-0.2, 0) is 6.18 Å². The lowest BCUT2D eigenvalue weighted by atomic mass is 10.1. The number of aromatic nitrogens is 1. The van der Waals surface area contributed by atoms with Gasteiger partial charge in [0.2, 0.25) is 0 Å². The van der Waals surface area contributed by atoms with Gasteiger partial charge in [-0.2, -0.15) is 13.2 Å². The predicted octanol–water partition coefficient (Wildman–Crippen LogP) is 2.64. The largest absolute Gasteiger partial charge is 0.417 e. The van der Waals surface area contributed by atoms with E-state index in [1.807, 2.05) is 4.98 Å². The Morgan fingerprint density at radius 3 is 2.20 bits per heavy atom. The van der Waals surface area contributed by atoms with Crippen LogP contribution in [0.1, 0.15) is 23.1 Å². The SMILES string of the molecule is Cc1c[nH]c(=O)c(C(F)F)c1C(F)(F)F. The van der Waals surface area contributed by atoms with Crippen LogP contribution in [0, 0.1) is 6.92 Å². The number of hydrogen-bond acceptors (Lipinski definition) is 1. The summed E-state index contributed by atoms with van der Waals surface area (Å²) in [6.45, 7) is 1.00. The molecule has 0 radical (unpaired) electrons. The minimum absolute atomic E-state index is 0.433. The third-order valence-electron chi connectivity index (χ3n) is 1.83. The number of aryl methyl sites for hydroxylation is 1. The van der Waals surface area contributed by atoms with Crippen LogP contribution in [0.15, 0.2) is 11.0 Å². The number of halogens is 5. The zero-order chi connectivity index (χ0) is 11.8. The molecular formula is C8H6F5NO. The standard InChI is InChI=1S/C8H6F5NO/c1-3-2-14-7(15)4(6(9)10)5(3)8(11,12)13/h2,6H,1H3,(H,14,15). The third kappa shape index (κ3) is 2.16. The lowest BCUT2D eigenvalue weighted by Gasteiger charge is -2.13. The number of aromatic amines is 1. The monoisotopic (exact) mass is 227 g/mol. The van der Waals surface area contributed by atoms with Crippen LogP contribution in [0.5, 0.6) is 0 Å². The van der Waals surface area contributed by atoms with Gasteiger partial charge in [0.05, 0.1) is 11.1 Å². The van der Waals surface area contributed by atoms with Crippen molar-refractivity contribution in [3.8, 4) is 0 Å². The molecule has 1 heterocycles. The first-order valence-corrected chi connectivity index (χ1v) is 3.82. The number of nitrogens with one attached hydrogen (secondary N) is 1. The topological polar surface area (TPSA) is 32.9 Å². The van der Waals surface area contributed by atoms with E-state index >= 15 is 0 Å². The fourth-order valence-corrected chi connectivity index (χ4v) is 1.23. The Labute approximate surface area is 80.7 Å². The maximum absolute atomic E-state index is 12.4. The van der Waals surface area contributed by atoms with E-state index < -0.39 is 34.9 Å². The van der Waals surface area contributed by atoms with Crippen molar-refractivity contribution in [2.24, 2.45) is 0 Å². The Balaban J connectivity index is 3.61. The zero-order valence-corrected chi connectivity index (χ0v) is 7.45. The van der Waals surface area contributed by atoms with Crippen LogP contribution in [-0.4, -0.2) is 4.98 Å². The van der Waals surface area contributed by atoms with E-state index in [4.69, 9.17) is 0 Å². The Morgan fingerprint density at radius 2 is 1.87 bits per heavy atom. The first-order valence-electron chi connectivity index (χ1n) is 3.82. The molecule has 7 heteroatoms. The number of hydrogen-bond donors (Lipinski definition) is 1. The molecule has 1 aromatic heterocycles. The molecule has 0 aliphatic heterocycles. The molecule has 0 aliphatic rings. The van der Waals surface area contributed by atoms with E-state index in [1.165, 1.54) is 0 Å². The number of alkyl halides is 5. The normalized spacial score (nSPS) is 12.2. The van der Waals surface area contributed by atoms with Crippen LogP contribution >= 0.6 is 0 Å². The van der Waals surface area contributed by atoms with Crippen LogP contribution < -0.4 is 5.56 Å². The highest BCUT2D eigenvalue weighted by atomic mass is 19.4. The second-order valence-corrected chi connectivity index (χ2v) is 2.89. The first kappa shape index (κ1) is 11.7. The van der Waals surface area contributed by atoms with E-state index in [0.29, 0.717) is 0 Å². The molecule has 0 fully saturated rings. The van der Waals surface area contributed by atoms with Gasteiger partial charge in [-0.25, -0.2) is 8.78 Å². The van der Waals surface area contributed by atoms with Crippen LogP contribution in [0.4, 0.5) is 22.0 Å². The molecule has 0 amide bonds. The number of pyridine rings is 1. The van der Waals surface area contributed by atoms with Gasteiger partial charge >= 0.3 is 6.18 Å². The van der Waals surface area contributed by atoms with E-state index in [9.17, 15) is 26.7 Å². The van der Waals surface area contributed by atoms with Gasteiger partial charge in [0.1, 0.15) is 0 Å². The highest BCUT2D eigenvalue weighted by Crippen LogP contribution is 2.36. The highest BCUT2D eigenvalue weighted by Gasteiger charge is 2.38. The van der Waals surface area contributed by atoms with Crippen molar-refractivity contribution in [2.45, 2.75) is 19.5 Å². The summed E-state index contributed by atoms with van der Waals surface area (Å²) in [7, 11) is 0. The minimum Gasteiger partial charge on any atom is -0.328 e. The molecule has 1 N–H and O–H groups in total. The first-order chi connectivity index (χ1) is 6.75. The molecule has 2 nitrogen and oxygen atoms in total. The molecular weight excluding hydrogens is 221 g/mol. The summed E-state index contributed by atoms with van der Waals surface area (Å²) in [5, 5.41) is 0. The quantitative estimate of drug-likeness (QED) is 0.735. The summed E-state index contributed by atoms with van der Waals surface area (Å²) in [5.74, 6) is 0. The maximum Gasteiger partial charge on any atom is 0.417 e. The lowest BCUT2D eigenvalue weighted by Crippen LogP contribution is -2.22. The van der Waals surface area contributed by atoms with Crippen molar-refractivity contribution in [1.29, 1.82) is 0 Å². The van der Waals surface area contributed by atoms with E-state index in [2.05, 4.69) is 0 Å². The summed E-state index contributed by atoms with van der Waals surface area (Å²) >= 11 is 0. The Morgan fingerprint density at radius 1 is 1.33 bits per heavy atom. The molecule has 0 aliphatic carbocycles. The van der Waals surface area contributed by atoms with Gasteiger partial charge in [-0.1, -0.05) is 0 Å². The van der Waals surface area contributed by atoms with Gasteiger partial charge in [0.15, 0.2) is 0 Å². The van der Waals surface area contributed by atoms with Crippen molar-refractivity contribution < 1.29 is 22.0 Å². The third-order valence-corrected chi connectivity index (χ3v) is 1.83. The van der Waals surface area contributed by atoms with Crippen molar-refractivity contribution in [3.05, 3.63) is 33.2 Å². The predicted molar refractivity (Wildman–Crippen MR) is 41.8 cm³/mol. The van der Waals surface area contributed by atoms with E-state index in [-0.39, 0.29) is 0 Å². The van der Waals surface area contributed by atoms with Gasteiger partial charge in [0.25, 0.3) is 12.0 Å². The van der Waals surface area contributed by atoms with Crippen LogP contribution in [0.3, 0.4) is 0 Å². The summed E-state index contributed by atoms with van der Waals surface area (Å²) < 4.78 is 61.6. The molecule has 0 atom stereocenters. The van der Waals surface area contributed by atoms with Gasteiger partial charge in [-0.15, -0.1) is 0 Å². The fraction of sp³-hybridized carbons (Fsp3) is 0.375. The molecule has 0 bridgehead atoms. The lowest BCUT2D eigenvalue weighted by molar-refractivity contribution is -0.140. The summed E-state index contributed by atoms with van der Waals surface area (Å²) in [6, 6.07) is 0. The van der Waals surface area contributed by atoms with Gasteiger partial charge in [-0.3, -0.25) is 4.79 Å². The molecule has 1 rings (SSSR count). The zero-order valence-electron chi connectivity index (χ0n) is 7.45. The van der Waals surface area contributed by atoms with Crippen LogP contribution in [0.2, 0.25) is 0 Å². The summed E-state index contributed by atoms with van der Waals surface area (Å²) in [6.07, 6.45) is -7.65. The average molecular weight is 227 g/mol. The minimum atomic E-state index is -4.95. The average Bonchev–Trinajstić information content (AvgIpc) is 2.05. The van der Waals surface area contributed by atoms with Crippen molar-refractivity contribution in [2.75, 3.05) is 0 Å². The molecule has 1 aromatic rings. The summed E-state index contributed by atoms with van der Waals surface area (Å²) in [5.41, 5.74) is -4.93. The molecule has 0 saturated carbocycles. The molecule has 15 heavy (non-hydrogen) atoms. The Hall–Kier alpha value is -1.40. The van der Waals surface area contributed by atoms with Crippen molar-refractivity contribution >= 4 is 0 Å². The molecule has 0 aromatic carbocycles. The smallest absolute Gasteiger partial charge is 0.328 e. The second-order valence-electron chi connectivity index (χ2n) is 2.89. The molecule has 0 spiro atoms. The highest BCUT2D eigenvalue weighted by molar-refractivity contribution is 5.34. The molecule has 0 unspecified atom stereocenters. The van der Waals surface area contributed by atoms with Gasteiger partial charge < -0.3 is 4.98 Å². The number of H-pyrrole nitrogens is 1. The van der Waals surface area contributed by atoms with Crippen LogP contribution in [0.25, 0.3) is 0 Å². The summed E-state index contributed by atoms with van der Waals surface area (Å²) in [4.78, 5) is 12.7. The molecule has 0 saturated heterocycles.